The van der Waals surface area contributed by atoms with E-state index in [0.717, 1.165) is 17.4 Å². The quantitative estimate of drug-likeness (QED) is 0.656. The molecule has 2 rings (SSSR count). The van der Waals surface area contributed by atoms with E-state index in [1.807, 2.05) is 0 Å². The van der Waals surface area contributed by atoms with Crippen molar-refractivity contribution in [2.24, 2.45) is 0 Å². The molecule has 154 valence electrons. The molecule has 0 bridgehead atoms. The van der Waals surface area contributed by atoms with Crippen LogP contribution in [0.25, 0.3) is 10.2 Å². The third-order valence-corrected chi connectivity index (χ3v) is 5.12. The molecule has 28 heavy (non-hydrogen) atoms. The Balaban J connectivity index is 2.07. The molecular formula is C19H23F3N2O3S. The summed E-state index contributed by atoms with van der Waals surface area (Å²) in [7, 11) is 1.59. The zero-order chi connectivity index (χ0) is 21.3. The van der Waals surface area contributed by atoms with Crippen molar-refractivity contribution in [3.8, 4) is 0 Å². The lowest BCUT2D eigenvalue weighted by Crippen LogP contribution is -2.29. The second-order valence-corrected chi connectivity index (χ2v) is 8.52. The number of nitrogens with zero attached hydrogens (tertiary/aromatic N) is 2. The number of carbonyl (C=O) groups is 2. The number of hydrogen-bond donors (Lipinski definition) is 0. The zero-order valence-electron chi connectivity index (χ0n) is 16.4. The van der Waals surface area contributed by atoms with E-state index in [4.69, 9.17) is 4.74 Å². The van der Waals surface area contributed by atoms with Crippen LogP contribution in [0.2, 0.25) is 0 Å². The highest BCUT2D eigenvalue weighted by atomic mass is 32.1. The van der Waals surface area contributed by atoms with Gasteiger partial charge in [-0.05, 0) is 51.8 Å². The van der Waals surface area contributed by atoms with Crippen molar-refractivity contribution in [3.63, 3.8) is 0 Å². The van der Waals surface area contributed by atoms with Crippen LogP contribution in [0.3, 0.4) is 0 Å². The monoisotopic (exact) mass is 416 g/mol. The molecule has 0 saturated carbocycles. The van der Waals surface area contributed by atoms with E-state index in [1.165, 1.54) is 11.0 Å². The van der Waals surface area contributed by atoms with Crippen LogP contribution in [0.1, 0.15) is 54.5 Å². The Morgan fingerprint density at radius 1 is 1.21 bits per heavy atom. The van der Waals surface area contributed by atoms with Gasteiger partial charge in [0.15, 0.2) is 0 Å². The average molecular weight is 416 g/mol. The van der Waals surface area contributed by atoms with Gasteiger partial charge in [0.05, 0.1) is 4.88 Å². The fourth-order valence-corrected chi connectivity index (χ4v) is 3.76. The van der Waals surface area contributed by atoms with Crippen LogP contribution in [0.15, 0.2) is 12.1 Å². The summed E-state index contributed by atoms with van der Waals surface area (Å²) in [6.07, 6.45) is -3.93. The zero-order valence-corrected chi connectivity index (χ0v) is 17.3. The van der Waals surface area contributed by atoms with E-state index in [0.29, 0.717) is 28.8 Å². The number of alkyl halides is 3. The fraction of sp³-hybridized carbons (Fsp3) is 0.526. The number of esters is 1. The molecule has 2 aromatic heterocycles. The Hall–Kier alpha value is -2.16. The molecule has 0 aliphatic heterocycles. The molecule has 0 N–H and O–H groups in total. The number of fused-ring (bicyclic) bond motifs is 1. The van der Waals surface area contributed by atoms with Gasteiger partial charge in [0.25, 0.3) is 5.91 Å². The summed E-state index contributed by atoms with van der Waals surface area (Å²) in [5, 5.41) is 0.531. The first-order valence-electron chi connectivity index (χ1n) is 8.74. The van der Waals surface area contributed by atoms with E-state index in [-0.39, 0.29) is 23.1 Å². The number of aromatic nitrogens is 1. The topological polar surface area (TPSA) is 59.5 Å². The number of pyridine rings is 1. The second kappa shape index (κ2) is 8.06. The number of carbonyl (C=O) groups excluding carboxylic acids is 2. The molecule has 9 heteroatoms. The summed E-state index contributed by atoms with van der Waals surface area (Å²) < 4.78 is 43.8. The molecule has 2 heterocycles. The van der Waals surface area contributed by atoms with Crippen LogP contribution in [0.5, 0.6) is 0 Å². The fourth-order valence-electron chi connectivity index (χ4n) is 2.59. The molecule has 0 spiro atoms. The standard InChI is InChI=1S/C19H23F3N2O3S/c1-11-12-8-9-13(19(20,21)22)23-16(12)28-15(11)17(26)24(5)10-6-7-14(25)27-18(2,3)4/h8-9H,6-7,10H2,1-5H3. The number of aryl methyl sites for hydroxylation is 1. The first-order chi connectivity index (χ1) is 12.8. The van der Waals surface area contributed by atoms with Crippen LogP contribution in [-0.4, -0.2) is 41.0 Å². The number of hydrogen-bond acceptors (Lipinski definition) is 5. The first kappa shape index (κ1) is 22.1. The van der Waals surface area contributed by atoms with Gasteiger partial charge in [-0.3, -0.25) is 9.59 Å². The maximum absolute atomic E-state index is 12.8. The maximum atomic E-state index is 12.8. The van der Waals surface area contributed by atoms with Gasteiger partial charge in [-0.2, -0.15) is 13.2 Å². The lowest BCUT2D eigenvalue weighted by atomic mass is 10.1. The van der Waals surface area contributed by atoms with Gasteiger partial charge in [0.1, 0.15) is 16.1 Å². The van der Waals surface area contributed by atoms with Gasteiger partial charge < -0.3 is 9.64 Å². The molecular weight excluding hydrogens is 393 g/mol. The molecule has 2 aromatic rings. The third-order valence-electron chi connectivity index (χ3n) is 3.93. The highest BCUT2D eigenvalue weighted by Crippen LogP contribution is 2.34. The van der Waals surface area contributed by atoms with Crippen molar-refractivity contribution in [3.05, 3.63) is 28.3 Å². The maximum Gasteiger partial charge on any atom is 0.433 e. The molecule has 0 aliphatic carbocycles. The van der Waals surface area contributed by atoms with Gasteiger partial charge in [-0.1, -0.05) is 0 Å². The number of ether oxygens (including phenoxy) is 1. The van der Waals surface area contributed by atoms with E-state index in [2.05, 4.69) is 4.98 Å². The van der Waals surface area contributed by atoms with Crippen LogP contribution in [0.4, 0.5) is 13.2 Å². The molecule has 0 fully saturated rings. The largest absolute Gasteiger partial charge is 0.460 e. The number of thiophene rings is 1. The summed E-state index contributed by atoms with van der Waals surface area (Å²) in [6, 6.07) is 2.26. The first-order valence-corrected chi connectivity index (χ1v) is 9.56. The molecule has 0 radical (unpaired) electrons. The predicted molar refractivity (Wildman–Crippen MR) is 101 cm³/mol. The van der Waals surface area contributed by atoms with Crippen molar-refractivity contribution in [2.75, 3.05) is 13.6 Å². The summed E-state index contributed by atoms with van der Waals surface area (Å²) in [6.45, 7) is 7.36. The Labute approximate surface area is 165 Å². The van der Waals surface area contributed by atoms with Gasteiger partial charge in [-0.15, -0.1) is 11.3 Å². The molecule has 0 saturated heterocycles. The van der Waals surface area contributed by atoms with Gasteiger partial charge in [0.2, 0.25) is 0 Å². The molecule has 1 amide bonds. The third kappa shape index (κ3) is 5.43. The van der Waals surface area contributed by atoms with E-state index in [9.17, 15) is 22.8 Å². The highest BCUT2D eigenvalue weighted by Gasteiger charge is 2.33. The summed E-state index contributed by atoms with van der Waals surface area (Å²) >= 11 is 0.944. The lowest BCUT2D eigenvalue weighted by molar-refractivity contribution is -0.155. The van der Waals surface area contributed by atoms with Crippen molar-refractivity contribution < 1.29 is 27.5 Å². The van der Waals surface area contributed by atoms with Gasteiger partial charge in [0, 0.05) is 25.4 Å². The summed E-state index contributed by atoms with van der Waals surface area (Å²) in [5.74, 6) is -0.645. The lowest BCUT2D eigenvalue weighted by Gasteiger charge is -2.20. The SMILES string of the molecule is Cc1c(C(=O)N(C)CCCC(=O)OC(C)(C)C)sc2nc(C(F)(F)F)ccc12. The molecule has 0 unspecified atom stereocenters. The van der Waals surface area contributed by atoms with Crippen molar-refractivity contribution >= 4 is 33.4 Å². The van der Waals surface area contributed by atoms with Crippen LogP contribution < -0.4 is 0 Å². The minimum absolute atomic E-state index is 0.177. The summed E-state index contributed by atoms with van der Waals surface area (Å²) in [5.41, 5.74) is -0.939. The van der Waals surface area contributed by atoms with Crippen molar-refractivity contribution in [2.45, 2.75) is 52.3 Å². The minimum Gasteiger partial charge on any atom is -0.460 e. The number of rotatable bonds is 5. The second-order valence-electron chi connectivity index (χ2n) is 7.52. The normalized spacial score (nSPS) is 12.3. The molecule has 0 aromatic carbocycles. The molecule has 0 aliphatic rings. The Kier molecular flexibility index (Phi) is 6.37. The van der Waals surface area contributed by atoms with Gasteiger partial charge in [-0.25, -0.2) is 4.98 Å². The van der Waals surface area contributed by atoms with Crippen LogP contribution in [-0.2, 0) is 15.7 Å². The Morgan fingerprint density at radius 2 is 1.86 bits per heavy atom. The molecule has 5 nitrogen and oxygen atoms in total. The minimum atomic E-state index is -4.53. The van der Waals surface area contributed by atoms with Crippen molar-refractivity contribution in [1.82, 2.24) is 9.88 Å². The predicted octanol–water partition coefficient (Wildman–Crippen LogP) is 4.82. The van der Waals surface area contributed by atoms with Gasteiger partial charge >= 0.3 is 12.1 Å². The summed E-state index contributed by atoms with van der Waals surface area (Å²) in [4.78, 5) is 30.1. The van der Waals surface area contributed by atoms with Crippen LogP contribution in [0, 0.1) is 6.92 Å². The number of halogens is 3. The van der Waals surface area contributed by atoms with E-state index in [1.54, 1.807) is 34.7 Å². The highest BCUT2D eigenvalue weighted by molar-refractivity contribution is 7.20. The number of amides is 1. The molecule has 0 atom stereocenters. The Bertz CT molecular complexity index is 885. The van der Waals surface area contributed by atoms with Crippen molar-refractivity contribution in [1.29, 1.82) is 0 Å². The van der Waals surface area contributed by atoms with E-state index < -0.39 is 17.5 Å². The average Bonchev–Trinajstić information content (AvgIpc) is 2.88. The van der Waals surface area contributed by atoms with Crippen LogP contribution >= 0.6 is 11.3 Å². The Morgan fingerprint density at radius 3 is 2.43 bits per heavy atom. The smallest absolute Gasteiger partial charge is 0.433 e. The van der Waals surface area contributed by atoms with E-state index >= 15 is 0 Å².